The van der Waals surface area contributed by atoms with Crippen molar-refractivity contribution in [3.05, 3.63) is 53.8 Å². The van der Waals surface area contributed by atoms with Gasteiger partial charge in [0.05, 0.1) is 15.7 Å². The molecule has 1 amide bonds. The van der Waals surface area contributed by atoms with E-state index in [9.17, 15) is 4.79 Å². The number of anilines is 2. The van der Waals surface area contributed by atoms with Crippen LogP contribution in [0.15, 0.2) is 48.2 Å². The number of hydrogen-bond acceptors (Lipinski definition) is 2. The van der Waals surface area contributed by atoms with E-state index in [1.54, 1.807) is 18.2 Å². The van der Waals surface area contributed by atoms with E-state index in [0.717, 1.165) is 13.4 Å². The Morgan fingerprint density at radius 3 is 2.25 bits per heavy atom. The van der Waals surface area contributed by atoms with Crippen LogP contribution in [0.25, 0.3) is 0 Å². The Kier molecular flexibility index (Phi) is 5.28. The standard InChI is InChI=1S/C13H8Br4N2O/c14-6-4-8(15)12(9(16)5-6)19-13(20)7-2-1-3-10(18)11(7)17/h1-5H,18H2,(H,19,20). The Hall–Kier alpha value is -0.370. The van der Waals surface area contributed by atoms with Gasteiger partial charge in [-0.1, -0.05) is 22.0 Å². The molecule has 2 aromatic carbocycles. The van der Waals surface area contributed by atoms with Crippen LogP contribution in [0.2, 0.25) is 0 Å². The molecule has 0 heterocycles. The van der Waals surface area contributed by atoms with E-state index in [-0.39, 0.29) is 5.91 Å². The summed E-state index contributed by atoms with van der Waals surface area (Å²) in [7, 11) is 0. The third-order valence-electron chi connectivity index (χ3n) is 2.52. The summed E-state index contributed by atoms with van der Waals surface area (Å²) in [5, 5.41) is 2.85. The number of carbonyl (C=O) groups excluding carboxylic acids is 1. The van der Waals surface area contributed by atoms with Crippen molar-refractivity contribution in [2.24, 2.45) is 0 Å². The van der Waals surface area contributed by atoms with Gasteiger partial charge in [-0.3, -0.25) is 4.79 Å². The zero-order chi connectivity index (χ0) is 14.9. The Morgan fingerprint density at radius 1 is 1.05 bits per heavy atom. The van der Waals surface area contributed by atoms with Gasteiger partial charge in [-0.25, -0.2) is 0 Å². The lowest BCUT2D eigenvalue weighted by Gasteiger charge is -2.12. The predicted octanol–water partition coefficient (Wildman–Crippen LogP) is 5.57. The molecule has 2 rings (SSSR count). The number of amides is 1. The summed E-state index contributed by atoms with van der Waals surface area (Å²) in [6, 6.07) is 8.88. The molecule has 7 heteroatoms. The number of hydrogen-bond donors (Lipinski definition) is 2. The Morgan fingerprint density at radius 2 is 1.65 bits per heavy atom. The fourth-order valence-electron chi connectivity index (χ4n) is 1.57. The lowest BCUT2D eigenvalue weighted by Crippen LogP contribution is -2.14. The highest BCUT2D eigenvalue weighted by atomic mass is 79.9. The summed E-state index contributed by atoms with van der Waals surface area (Å²) in [6.45, 7) is 0. The van der Waals surface area contributed by atoms with Crippen LogP contribution in [-0.2, 0) is 0 Å². The number of nitrogens with one attached hydrogen (secondary N) is 1. The summed E-state index contributed by atoms with van der Waals surface area (Å²) in [5.41, 5.74) is 7.44. The highest BCUT2D eigenvalue weighted by Gasteiger charge is 2.15. The number of halogens is 4. The maximum absolute atomic E-state index is 12.3. The van der Waals surface area contributed by atoms with Gasteiger partial charge in [0.2, 0.25) is 0 Å². The molecule has 2 aromatic rings. The summed E-state index contributed by atoms with van der Waals surface area (Å²) >= 11 is 13.6. The van der Waals surface area contributed by atoms with Gasteiger partial charge >= 0.3 is 0 Å². The summed E-state index contributed by atoms with van der Waals surface area (Å²) in [5.74, 6) is -0.243. The zero-order valence-electron chi connectivity index (χ0n) is 9.88. The molecule has 3 N–H and O–H groups in total. The molecule has 0 aliphatic carbocycles. The van der Waals surface area contributed by atoms with Gasteiger partial charge in [0.15, 0.2) is 0 Å². The van der Waals surface area contributed by atoms with Crippen molar-refractivity contribution in [3.8, 4) is 0 Å². The maximum atomic E-state index is 12.3. The molecule has 0 spiro atoms. The quantitative estimate of drug-likeness (QED) is 0.502. The zero-order valence-corrected chi connectivity index (χ0v) is 16.2. The predicted molar refractivity (Wildman–Crippen MR) is 96.0 cm³/mol. The van der Waals surface area contributed by atoms with E-state index in [4.69, 9.17) is 5.73 Å². The molecule has 0 aliphatic rings. The van der Waals surface area contributed by atoms with Crippen LogP contribution in [0, 0.1) is 0 Å². The average molecular weight is 528 g/mol. The highest BCUT2D eigenvalue weighted by molar-refractivity contribution is 9.11. The van der Waals surface area contributed by atoms with Crippen LogP contribution < -0.4 is 11.1 Å². The second-order valence-electron chi connectivity index (χ2n) is 3.91. The van der Waals surface area contributed by atoms with E-state index in [0.29, 0.717) is 21.4 Å². The fraction of sp³-hybridized carbons (Fsp3) is 0. The Bertz CT molecular complexity index is 665. The molecule has 3 nitrogen and oxygen atoms in total. The molecular formula is C13H8Br4N2O. The third-order valence-corrected chi connectivity index (χ3v) is 5.11. The van der Waals surface area contributed by atoms with Gasteiger partial charge < -0.3 is 11.1 Å². The first kappa shape index (κ1) is 16.0. The van der Waals surface area contributed by atoms with Crippen LogP contribution in [0.5, 0.6) is 0 Å². The second kappa shape index (κ2) is 6.60. The first-order valence-electron chi connectivity index (χ1n) is 5.40. The highest BCUT2D eigenvalue weighted by Crippen LogP contribution is 2.35. The summed E-state index contributed by atoms with van der Waals surface area (Å²) in [6.07, 6.45) is 0. The van der Waals surface area contributed by atoms with Crippen LogP contribution in [-0.4, -0.2) is 5.91 Å². The molecule has 0 bridgehead atoms. The largest absolute Gasteiger partial charge is 0.398 e. The van der Waals surface area contributed by atoms with Crippen molar-refractivity contribution in [2.75, 3.05) is 11.1 Å². The first-order valence-corrected chi connectivity index (χ1v) is 8.57. The van der Waals surface area contributed by atoms with E-state index < -0.39 is 0 Å². The number of benzene rings is 2. The molecule has 0 saturated carbocycles. The molecule has 104 valence electrons. The summed E-state index contributed by atoms with van der Waals surface area (Å²) < 4.78 is 3.03. The topological polar surface area (TPSA) is 55.1 Å². The lowest BCUT2D eigenvalue weighted by molar-refractivity contribution is 0.102. The van der Waals surface area contributed by atoms with Crippen molar-refractivity contribution in [1.82, 2.24) is 0 Å². The van der Waals surface area contributed by atoms with Crippen LogP contribution in [0.3, 0.4) is 0 Å². The summed E-state index contributed by atoms with van der Waals surface area (Å²) in [4.78, 5) is 12.3. The molecule has 0 aromatic heterocycles. The number of rotatable bonds is 2. The molecule has 20 heavy (non-hydrogen) atoms. The number of carbonyl (C=O) groups is 1. The van der Waals surface area contributed by atoms with Gasteiger partial charge in [0.1, 0.15) is 0 Å². The van der Waals surface area contributed by atoms with Gasteiger partial charge in [0.25, 0.3) is 5.91 Å². The average Bonchev–Trinajstić information content (AvgIpc) is 2.36. The van der Waals surface area contributed by atoms with Crippen LogP contribution in [0.1, 0.15) is 10.4 Å². The molecular weight excluding hydrogens is 520 g/mol. The SMILES string of the molecule is Nc1cccc(C(=O)Nc2c(Br)cc(Br)cc2Br)c1Br. The van der Waals surface area contributed by atoms with Crippen molar-refractivity contribution >= 4 is 81.0 Å². The van der Waals surface area contributed by atoms with Crippen molar-refractivity contribution in [3.63, 3.8) is 0 Å². The minimum Gasteiger partial charge on any atom is -0.398 e. The van der Waals surface area contributed by atoms with Gasteiger partial charge in [-0.2, -0.15) is 0 Å². The fourth-order valence-corrected chi connectivity index (χ4v) is 4.47. The van der Waals surface area contributed by atoms with E-state index >= 15 is 0 Å². The monoisotopic (exact) mass is 524 g/mol. The Balaban J connectivity index is 2.36. The Labute approximate surface area is 149 Å². The minimum atomic E-state index is -0.243. The van der Waals surface area contributed by atoms with Crippen molar-refractivity contribution < 1.29 is 4.79 Å². The van der Waals surface area contributed by atoms with Gasteiger partial charge in [-0.15, -0.1) is 0 Å². The van der Waals surface area contributed by atoms with Gasteiger partial charge in [-0.05, 0) is 72.1 Å². The number of nitrogens with two attached hydrogens (primary N) is 1. The smallest absolute Gasteiger partial charge is 0.256 e. The second-order valence-corrected chi connectivity index (χ2v) is 7.32. The van der Waals surface area contributed by atoms with Crippen molar-refractivity contribution in [1.29, 1.82) is 0 Å². The van der Waals surface area contributed by atoms with E-state index in [2.05, 4.69) is 69.0 Å². The van der Waals surface area contributed by atoms with Crippen LogP contribution >= 0.6 is 63.7 Å². The van der Waals surface area contributed by atoms with Crippen LogP contribution in [0.4, 0.5) is 11.4 Å². The van der Waals surface area contributed by atoms with E-state index in [1.807, 2.05) is 12.1 Å². The van der Waals surface area contributed by atoms with E-state index in [1.165, 1.54) is 0 Å². The van der Waals surface area contributed by atoms with Crippen molar-refractivity contribution in [2.45, 2.75) is 0 Å². The lowest BCUT2D eigenvalue weighted by atomic mass is 10.2. The first-order chi connectivity index (χ1) is 9.40. The number of nitrogen functional groups attached to an aromatic ring is 1. The molecule has 0 aliphatic heterocycles. The maximum Gasteiger partial charge on any atom is 0.256 e. The molecule has 0 saturated heterocycles. The minimum absolute atomic E-state index is 0.243. The molecule has 0 atom stereocenters. The molecule has 0 fully saturated rings. The van der Waals surface area contributed by atoms with Gasteiger partial charge in [0, 0.05) is 19.1 Å². The molecule has 0 unspecified atom stereocenters. The third kappa shape index (κ3) is 3.44. The normalized spacial score (nSPS) is 10.4. The molecule has 0 radical (unpaired) electrons.